The predicted octanol–water partition coefficient (Wildman–Crippen LogP) is 3.85. The van der Waals surface area contributed by atoms with Crippen molar-refractivity contribution in [1.29, 1.82) is 0 Å². The van der Waals surface area contributed by atoms with Crippen LogP contribution in [0.4, 0.5) is 11.8 Å². The van der Waals surface area contributed by atoms with Gasteiger partial charge in [0, 0.05) is 16.4 Å². The first kappa shape index (κ1) is 13.1. The highest BCUT2D eigenvalue weighted by molar-refractivity contribution is 7.18. The Hall–Kier alpha value is -1.85. The van der Waals surface area contributed by atoms with Crippen LogP contribution in [0, 0.1) is 6.92 Å². The summed E-state index contributed by atoms with van der Waals surface area (Å²) in [5.41, 5.74) is 6.88. The molecule has 0 aliphatic heterocycles. The molecule has 0 atom stereocenters. The fourth-order valence-electron chi connectivity index (χ4n) is 1.98. The van der Waals surface area contributed by atoms with Gasteiger partial charge in [-0.25, -0.2) is 4.98 Å². The summed E-state index contributed by atoms with van der Waals surface area (Å²) in [7, 11) is 0. The van der Waals surface area contributed by atoms with E-state index >= 15 is 0 Å². The number of benzene rings is 1. The van der Waals surface area contributed by atoms with E-state index < -0.39 is 0 Å². The molecule has 0 saturated carbocycles. The molecular formula is C14H13ClN4S. The highest BCUT2D eigenvalue weighted by Crippen LogP contribution is 2.29. The summed E-state index contributed by atoms with van der Waals surface area (Å²) in [6.07, 6.45) is 0. The number of rotatable bonds is 3. The molecule has 20 heavy (non-hydrogen) atoms. The van der Waals surface area contributed by atoms with Crippen LogP contribution in [-0.2, 0) is 6.54 Å². The summed E-state index contributed by atoms with van der Waals surface area (Å²) in [5, 5.41) is 5.05. The number of halogens is 1. The van der Waals surface area contributed by atoms with E-state index in [1.54, 1.807) is 11.3 Å². The van der Waals surface area contributed by atoms with Crippen molar-refractivity contribution in [1.82, 2.24) is 9.97 Å². The molecule has 2 aromatic heterocycles. The maximum atomic E-state index is 5.87. The number of fused-ring (bicyclic) bond motifs is 1. The molecule has 0 spiro atoms. The van der Waals surface area contributed by atoms with Crippen molar-refractivity contribution in [2.75, 3.05) is 11.1 Å². The van der Waals surface area contributed by atoms with Gasteiger partial charge in [-0.15, -0.1) is 11.3 Å². The zero-order chi connectivity index (χ0) is 14.1. The third-order valence-corrected chi connectivity index (χ3v) is 4.10. The summed E-state index contributed by atoms with van der Waals surface area (Å²) < 4.78 is 0. The van der Waals surface area contributed by atoms with Crippen molar-refractivity contribution < 1.29 is 0 Å². The summed E-state index contributed by atoms with van der Waals surface area (Å²) in [6, 6.07) is 9.78. The van der Waals surface area contributed by atoms with Gasteiger partial charge in [0.15, 0.2) is 0 Å². The largest absolute Gasteiger partial charge is 0.368 e. The Bertz CT molecular complexity index is 752. The molecule has 4 nitrogen and oxygen atoms in total. The zero-order valence-corrected chi connectivity index (χ0v) is 12.4. The Labute approximate surface area is 125 Å². The van der Waals surface area contributed by atoms with Gasteiger partial charge < -0.3 is 11.1 Å². The summed E-state index contributed by atoms with van der Waals surface area (Å²) in [6.45, 7) is 2.71. The van der Waals surface area contributed by atoms with Crippen LogP contribution in [-0.4, -0.2) is 9.97 Å². The quantitative estimate of drug-likeness (QED) is 0.771. The van der Waals surface area contributed by atoms with Gasteiger partial charge in [0.1, 0.15) is 10.6 Å². The van der Waals surface area contributed by atoms with Crippen molar-refractivity contribution in [2.45, 2.75) is 13.5 Å². The Morgan fingerprint density at radius 3 is 2.75 bits per heavy atom. The fraction of sp³-hybridized carbons (Fsp3) is 0.143. The monoisotopic (exact) mass is 304 g/mol. The molecule has 0 amide bonds. The second-order valence-electron chi connectivity index (χ2n) is 4.49. The van der Waals surface area contributed by atoms with Crippen LogP contribution < -0.4 is 11.1 Å². The van der Waals surface area contributed by atoms with E-state index in [2.05, 4.69) is 21.4 Å². The van der Waals surface area contributed by atoms with Crippen molar-refractivity contribution in [3.05, 3.63) is 45.8 Å². The number of thiophene rings is 1. The van der Waals surface area contributed by atoms with Crippen LogP contribution >= 0.6 is 22.9 Å². The maximum absolute atomic E-state index is 5.87. The van der Waals surface area contributed by atoms with Gasteiger partial charge in [-0.2, -0.15) is 4.98 Å². The first-order valence-corrected chi connectivity index (χ1v) is 7.33. The van der Waals surface area contributed by atoms with Gasteiger partial charge in [0.25, 0.3) is 0 Å². The van der Waals surface area contributed by atoms with E-state index in [0.717, 1.165) is 26.6 Å². The zero-order valence-electron chi connectivity index (χ0n) is 10.9. The van der Waals surface area contributed by atoms with Gasteiger partial charge in [0.05, 0.1) is 5.39 Å². The molecule has 3 N–H and O–H groups in total. The molecular weight excluding hydrogens is 292 g/mol. The molecule has 0 bridgehead atoms. The number of nitrogen functional groups attached to an aromatic ring is 1. The fourth-order valence-corrected chi connectivity index (χ4v) is 2.99. The molecule has 0 saturated heterocycles. The second-order valence-corrected chi connectivity index (χ2v) is 6.16. The van der Waals surface area contributed by atoms with E-state index in [9.17, 15) is 0 Å². The molecule has 3 aromatic rings. The van der Waals surface area contributed by atoms with E-state index in [4.69, 9.17) is 17.3 Å². The highest BCUT2D eigenvalue weighted by atomic mass is 35.5. The Morgan fingerprint density at radius 1 is 1.25 bits per heavy atom. The van der Waals surface area contributed by atoms with Crippen LogP contribution in [0.25, 0.3) is 10.2 Å². The predicted molar refractivity (Wildman–Crippen MR) is 85.3 cm³/mol. The lowest BCUT2D eigenvalue weighted by atomic mass is 10.2. The van der Waals surface area contributed by atoms with E-state index in [1.165, 1.54) is 4.88 Å². The Balaban J connectivity index is 1.88. The van der Waals surface area contributed by atoms with E-state index in [0.29, 0.717) is 6.54 Å². The smallest absolute Gasteiger partial charge is 0.223 e. The average Bonchev–Trinajstić information content (AvgIpc) is 2.78. The lowest BCUT2D eigenvalue weighted by Gasteiger charge is -2.07. The SMILES string of the molecule is Cc1cc2c(NCc3ccc(Cl)cc3)nc(N)nc2s1. The highest BCUT2D eigenvalue weighted by Gasteiger charge is 2.09. The normalized spacial score (nSPS) is 10.9. The summed E-state index contributed by atoms with van der Waals surface area (Å²) in [4.78, 5) is 10.6. The van der Waals surface area contributed by atoms with Gasteiger partial charge in [0.2, 0.25) is 5.95 Å². The number of anilines is 2. The third kappa shape index (κ3) is 2.69. The van der Waals surface area contributed by atoms with Crippen molar-refractivity contribution in [3.63, 3.8) is 0 Å². The van der Waals surface area contributed by atoms with Crippen molar-refractivity contribution in [3.8, 4) is 0 Å². The first-order chi connectivity index (χ1) is 9.61. The van der Waals surface area contributed by atoms with E-state index in [1.807, 2.05) is 31.2 Å². The number of nitrogens with one attached hydrogen (secondary N) is 1. The molecule has 0 fully saturated rings. The number of hydrogen-bond donors (Lipinski definition) is 2. The van der Waals surface area contributed by atoms with Crippen molar-refractivity contribution >= 4 is 44.9 Å². The van der Waals surface area contributed by atoms with Gasteiger partial charge >= 0.3 is 0 Å². The number of aromatic nitrogens is 2. The van der Waals surface area contributed by atoms with Crippen LogP contribution in [0.5, 0.6) is 0 Å². The molecule has 1 aromatic carbocycles. The van der Waals surface area contributed by atoms with Gasteiger partial charge in [-0.3, -0.25) is 0 Å². The molecule has 0 unspecified atom stereocenters. The van der Waals surface area contributed by atoms with Gasteiger partial charge in [-0.05, 0) is 30.7 Å². The average molecular weight is 305 g/mol. The standard InChI is InChI=1S/C14H13ClN4S/c1-8-6-11-12(18-14(16)19-13(11)20-8)17-7-9-2-4-10(15)5-3-9/h2-6H,7H2,1H3,(H3,16,17,18,19). The molecule has 0 radical (unpaired) electrons. The molecule has 2 heterocycles. The summed E-state index contributed by atoms with van der Waals surface area (Å²) >= 11 is 7.49. The lowest BCUT2D eigenvalue weighted by Crippen LogP contribution is -2.04. The lowest BCUT2D eigenvalue weighted by molar-refractivity contribution is 1.11. The molecule has 6 heteroatoms. The van der Waals surface area contributed by atoms with Crippen LogP contribution in [0.15, 0.2) is 30.3 Å². The number of nitrogens with zero attached hydrogens (tertiary/aromatic N) is 2. The molecule has 0 aliphatic carbocycles. The molecule has 0 aliphatic rings. The Kier molecular flexibility index (Phi) is 3.46. The number of aryl methyl sites for hydroxylation is 1. The van der Waals surface area contributed by atoms with Crippen LogP contribution in [0.2, 0.25) is 5.02 Å². The minimum atomic E-state index is 0.290. The molecule has 102 valence electrons. The van der Waals surface area contributed by atoms with Crippen molar-refractivity contribution in [2.24, 2.45) is 0 Å². The third-order valence-electron chi connectivity index (χ3n) is 2.91. The molecule has 3 rings (SSSR count). The minimum absolute atomic E-state index is 0.290. The maximum Gasteiger partial charge on any atom is 0.223 e. The van der Waals surface area contributed by atoms with Crippen LogP contribution in [0.1, 0.15) is 10.4 Å². The topological polar surface area (TPSA) is 63.8 Å². The first-order valence-electron chi connectivity index (χ1n) is 6.14. The number of nitrogens with two attached hydrogens (primary N) is 1. The minimum Gasteiger partial charge on any atom is -0.368 e. The van der Waals surface area contributed by atoms with E-state index in [-0.39, 0.29) is 5.95 Å². The summed E-state index contributed by atoms with van der Waals surface area (Å²) in [5.74, 6) is 1.06. The van der Waals surface area contributed by atoms with Gasteiger partial charge in [-0.1, -0.05) is 23.7 Å². The number of hydrogen-bond acceptors (Lipinski definition) is 5. The second kappa shape index (κ2) is 5.26. The van der Waals surface area contributed by atoms with Crippen LogP contribution in [0.3, 0.4) is 0 Å². The Morgan fingerprint density at radius 2 is 2.00 bits per heavy atom.